The Morgan fingerprint density at radius 2 is 1.52 bits per heavy atom. The third-order valence-electron chi connectivity index (χ3n) is 2.44. The monoisotopic (exact) mass is 470 g/mol. The molecule has 2 aromatic rings. The third kappa shape index (κ3) is 4.27. The van der Waals surface area contributed by atoms with E-state index in [1.165, 1.54) is 0 Å². The first kappa shape index (κ1) is 16.9. The molecular weight excluding hydrogens is 466 g/mol. The van der Waals surface area contributed by atoms with E-state index in [9.17, 15) is 5.11 Å². The molecule has 0 aliphatic carbocycles. The molecule has 0 bridgehead atoms. The Labute approximate surface area is 153 Å². The summed E-state index contributed by atoms with van der Waals surface area (Å²) in [5.74, 6) is 0.129. The minimum atomic E-state index is 0.129. The van der Waals surface area contributed by atoms with Crippen LogP contribution in [-0.4, -0.2) is 11.3 Å². The van der Waals surface area contributed by atoms with Crippen molar-refractivity contribution in [3.63, 3.8) is 0 Å². The van der Waals surface area contributed by atoms with Gasteiger partial charge in [0.15, 0.2) is 0 Å². The summed E-state index contributed by atoms with van der Waals surface area (Å²) in [6.07, 6.45) is 1.57. The van der Waals surface area contributed by atoms with Crippen LogP contribution in [0.3, 0.4) is 0 Å². The normalized spacial score (nSPS) is 11.1. The lowest BCUT2D eigenvalue weighted by Crippen LogP contribution is -1.93. The van der Waals surface area contributed by atoms with Crippen LogP contribution in [0.15, 0.2) is 38.3 Å². The minimum Gasteiger partial charge on any atom is -0.506 e. The van der Waals surface area contributed by atoms with Crippen molar-refractivity contribution >= 4 is 78.6 Å². The summed E-state index contributed by atoms with van der Waals surface area (Å²) in [6.45, 7) is 0. The van der Waals surface area contributed by atoms with Gasteiger partial charge in [-0.25, -0.2) is 0 Å². The predicted molar refractivity (Wildman–Crippen MR) is 96.2 cm³/mol. The number of nitrogens with one attached hydrogen (secondary N) is 1. The molecule has 2 N–H and O–H groups in total. The molecule has 0 spiro atoms. The molecule has 0 saturated carbocycles. The van der Waals surface area contributed by atoms with Gasteiger partial charge in [0.05, 0.1) is 30.9 Å². The Hall–Kier alpha value is -0.460. The number of benzene rings is 2. The number of nitrogens with zero attached hydrogens (tertiary/aromatic N) is 1. The first-order valence-corrected chi connectivity index (χ1v) is 8.22. The van der Waals surface area contributed by atoms with Crippen molar-refractivity contribution in [1.82, 2.24) is 0 Å². The second-order valence-electron chi connectivity index (χ2n) is 3.95. The highest BCUT2D eigenvalue weighted by atomic mass is 79.9. The molecule has 0 aliphatic heterocycles. The molecule has 2 aromatic carbocycles. The Bertz CT molecular complexity index is 677. The highest BCUT2D eigenvalue weighted by Gasteiger charge is 2.07. The Morgan fingerprint density at radius 1 is 1.00 bits per heavy atom. The predicted octanol–water partition coefficient (Wildman–Crippen LogP) is 6.32. The molecule has 0 unspecified atom stereocenters. The lowest BCUT2D eigenvalue weighted by molar-refractivity contribution is 0.468. The molecule has 0 amide bonds. The second-order valence-corrected chi connectivity index (χ2v) is 6.91. The van der Waals surface area contributed by atoms with Crippen LogP contribution in [0.1, 0.15) is 5.56 Å². The molecule has 0 aliphatic rings. The third-order valence-corrected chi connectivity index (χ3v) is 4.46. The Kier molecular flexibility index (Phi) is 5.80. The molecule has 3 nitrogen and oxygen atoms in total. The van der Waals surface area contributed by atoms with E-state index >= 15 is 0 Å². The zero-order valence-corrected chi connectivity index (χ0v) is 15.6. The van der Waals surface area contributed by atoms with E-state index in [1.54, 1.807) is 30.5 Å². The summed E-state index contributed by atoms with van der Waals surface area (Å²) in [4.78, 5) is 0. The molecular formula is C13H7Br2Cl3N2O. The van der Waals surface area contributed by atoms with Gasteiger partial charge in [0.25, 0.3) is 0 Å². The van der Waals surface area contributed by atoms with Gasteiger partial charge in [-0.1, -0.05) is 34.8 Å². The summed E-state index contributed by atoms with van der Waals surface area (Å²) < 4.78 is 1.11. The molecule has 0 heterocycles. The van der Waals surface area contributed by atoms with Crippen LogP contribution in [-0.2, 0) is 0 Å². The number of phenols is 1. The van der Waals surface area contributed by atoms with Crippen molar-refractivity contribution in [2.45, 2.75) is 0 Å². The van der Waals surface area contributed by atoms with Gasteiger partial charge in [-0.05, 0) is 61.7 Å². The van der Waals surface area contributed by atoms with Gasteiger partial charge in [0, 0.05) is 5.02 Å². The van der Waals surface area contributed by atoms with Crippen molar-refractivity contribution in [2.75, 3.05) is 5.43 Å². The summed E-state index contributed by atoms with van der Waals surface area (Å²) in [5, 5.41) is 14.9. The van der Waals surface area contributed by atoms with Gasteiger partial charge >= 0.3 is 0 Å². The summed E-state index contributed by atoms with van der Waals surface area (Å²) in [5.41, 5.74) is 4.00. The molecule has 21 heavy (non-hydrogen) atoms. The van der Waals surface area contributed by atoms with Gasteiger partial charge in [0.2, 0.25) is 0 Å². The maximum atomic E-state index is 9.63. The standard InChI is InChI=1S/C13H7Br2Cl3N2O/c14-8-1-6(2-9(15)13(8)21)5-19-20-12-10(17)3-7(16)4-11(12)18/h1-5,20-21H. The fraction of sp³-hybridized carbons (Fsp3) is 0. The zero-order chi connectivity index (χ0) is 15.6. The average molecular weight is 473 g/mol. The Balaban J connectivity index is 2.20. The van der Waals surface area contributed by atoms with E-state index in [0.29, 0.717) is 29.7 Å². The average Bonchev–Trinajstić information content (AvgIpc) is 2.38. The molecule has 2 rings (SSSR count). The lowest BCUT2D eigenvalue weighted by atomic mass is 10.2. The first-order chi connectivity index (χ1) is 9.88. The van der Waals surface area contributed by atoms with Crippen molar-refractivity contribution in [2.24, 2.45) is 5.10 Å². The number of anilines is 1. The van der Waals surface area contributed by atoms with Gasteiger partial charge < -0.3 is 5.11 Å². The topological polar surface area (TPSA) is 44.6 Å². The van der Waals surface area contributed by atoms with E-state index in [1.807, 2.05) is 0 Å². The van der Waals surface area contributed by atoms with E-state index in [0.717, 1.165) is 5.56 Å². The fourth-order valence-corrected chi connectivity index (χ4v) is 3.60. The number of phenolic OH excluding ortho intramolecular Hbond substituents is 1. The number of hydrazone groups is 1. The lowest BCUT2D eigenvalue weighted by Gasteiger charge is -2.06. The number of aromatic hydroxyl groups is 1. The Morgan fingerprint density at radius 3 is 2.05 bits per heavy atom. The maximum Gasteiger partial charge on any atom is 0.143 e. The van der Waals surface area contributed by atoms with Crippen LogP contribution in [0, 0.1) is 0 Å². The fourth-order valence-electron chi connectivity index (χ4n) is 1.48. The van der Waals surface area contributed by atoms with Gasteiger partial charge in [-0.2, -0.15) is 5.10 Å². The molecule has 8 heteroatoms. The molecule has 0 aromatic heterocycles. The largest absolute Gasteiger partial charge is 0.506 e. The van der Waals surface area contributed by atoms with Crippen LogP contribution in [0.25, 0.3) is 0 Å². The minimum absolute atomic E-state index is 0.129. The molecule has 0 fully saturated rings. The highest BCUT2D eigenvalue weighted by molar-refractivity contribution is 9.11. The van der Waals surface area contributed by atoms with Gasteiger partial charge in [-0.3, -0.25) is 5.43 Å². The van der Waals surface area contributed by atoms with Crippen molar-refractivity contribution in [1.29, 1.82) is 0 Å². The quantitative estimate of drug-likeness (QED) is 0.405. The zero-order valence-electron chi connectivity index (χ0n) is 10.2. The molecule has 0 saturated heterocycles. The van der Waals surface area contributed by atoms with E-state index < -0.39 is 0 Å². The summed E-state index contributed by atoms with van der Waals surface area (Å²) in [7, 11) is 0. The van der Waals surface area contributed by atoms with Crippen LogP contribution in [0.2, 0.25) is 15.1 Å². The van der Waals surface area contributed by atoms with Crippen LogP contribution in [0.5, 0.6) is 5.75 Å². The number of hydrogen-bond acceptors (Lipinski definition) is 3. The van der Waals surface area contributed by atoms with Crippen LogP contribution >= 0.6 is 66.7 Å². The number of halogens is 5. The van der Waals surface area contributed by atoms with Crippen molar-refractivity contribution in [3.05, 3.63) is 53.8 Å². The van der Waals surface area contributed by atoms with E-state index in [4.69, 9.17) is 34.8 Å². The van der Waals surface area contributed by atoms with Crippen molar-refractivity contribution < 1.29 is 5.11 Å². The number of hydrogen-bond donors (Lipinski definition) is 2. The molecule has 0 atom stereocenters. The first-order valence-electron chi connectivity index (χ1n) is 5.50. The second kappa shape index (κ2) is 7.20. The van der Waals surface area contributed by atoms with Gasteiger partial charge in [-0.15, -0.1) is 0 Å². The summed E-state index contributed by atoms with van der Waals surface area (Å²) >= 11 is 24.4. The van der Waals surface area contributed by atoms with Crippen LogP contribution in [0.4, 0.5) is 5.69 Å². The van der Waals surface area contributed by atoms with E-state index in [2.05, 4.69) is 42.4 Å². The number of rotatable bonds is 3. The van der Waals surface area contributed by atoms with E-state index in [-0.39, 0.29) is 5.75 Å². The molecule has 110 valence electrons. The SMILES string of the molecule is Oc1c(Br)cc(C=NNc2c(Cl)cc(Cl)cc2Cl)cc1Br. The smallest absolute Gasteiger partial charge is 0.143 e. The molecule has 0 radical (unpaired) electrons. The summed E-state index contributed by atoms with van der Waals surface area (Å²) in [6, 6.07) is 6.58. The van der Waals surface area contributed by atoms with Crippen LogP contribution < -0.4 is 5.43 Å². The van der Waals surface area contributed by atoms with Crippen molar-refractivity contribution in [3.8, 4) is 5.75 Å². The van der Waals surface area contributed by atoms with Gasteiger partial charge in [0.1, 0.15) is 5.75 Å². The highest BCUT2D eigenvalue weighted by Crippen LogP contribution is 2.34. The maximum absolute atomic E-state index is 9.63.